The van der Waals surface area contributed by atoms with Crippen molar-refractivity contribution in [3.63, 3.8) is 0 Å². The summed E-state index contributed by atoms with van der Waals surface area (Å²) in [5, 5.41) is 0. The minimum absolute atomic E-state index is 0.164. The minimum Gasteiger partial charge on any atom is -0.465 e. The Morgan fingerprint density at radius 2 is 1.48 bits per heavy atom. The summed E-state index contributed by atoms with van der Waals surface area (Å²) in [6.07, 6.45) is 5.70. The molecule has 0 N–H and O–H groups in total. The fourth-order valence-corrected chi connectivity index (χ4v) is 6.03. The number of esters is 2. The fraction of sp³-hybridized carbons (Fsp3) is 0.913. The summed E-state index contributed by atoms with van der Waals surface area (Å²) in [6.45, 7) is 12.9. The number of rotatable bonds is 5. The van der Waals surface area contributed by atoms with E-state index < -0.39 is 5.60 Å². The van der Waals surface area contributed by atoms with Gasteiger partial charge in [-0.15, -0.1) is 0 Å². The van der Waals surface area contributed by atoms with Gasteiger partial charge in [0.05, 0.1) is 18.4 Å². The number of fused-ring (bicyclic) bond motifs is 2. The molecular formula is C23H38O4. The molecule has 27 heavy (non-hydrogen) atoms. The van der Waals surface area contributed by atoms with Crippen LogP contribution >= 0.6 is 0 Å². The van der Waals surface area contributed by atoms with Crippen molar-refractivity contribution in [3.05, 3.63) is 0 Å². The average molecular weight is 379 g/mol. The van der Waals surface area contributed by atoms with Crippen LogP contribution in [-0.2, 0) is 19.1 Å². The first-order valence-corrected chi connectivity index (χ1v) is 11.0. The number of ether oxygens (including phenoxy) is 2. The molecule has 3 fully saturated rings. The first-order chi connectivity index (χ1) is 12.6. The van der Waals surface area contributed by atoms with Gasteiger partial charge in [0.2, 0.25) is 0 Å². The van der Waals surface area contributed by atoms with E-state index in [0.717, 1.165) is 18.8 Å². The van der Waals surface area contributed by atoms with Crippen LogP contribution in [0.5, 0.6) is 0 Å². The van der Waals surface area contributed by atoms with Gasteiger partial charge in [0.25, 0.3) is 0 Å². The Bertz CT molecular complexity index is 563. The van der Waals surface area contributed by atoms with E-state index in [1.54, 1.807) is 0 Å². The number of carbonyl (C=O) groups excluding carboxylic acids is 2. The Kier molecular flexibility index (Phi) is 5.93. The highest BCUT2D eigenvalue weighted by Gasteiger charge is 2.61. The molecule has 0 amide bonds. The quantitative estimate of drug-likeness (QED) is 0.642. The molecule has 3 rings (SSSR count). The van der Waals surface area contributed by atoms with Gasteiger partial charge in [0, 0.05) is 0 Å². The molecule has 0 aromatic carbocycles. The molecule has 0 aromatic heterocycles. The molecule has 8 atom stereocenters. The first-order valence-electron chi connectivity index (χ1n) is 11.0. The molecule has 0 heterocycles. The van der Waals surface area contributed by atoms with Crippen LogP contribution in [0.3, 0.4) is 0 Å². The van der Waals surface area contributed by atoms with E-state index >= 15 is 0 Å². The van der Waals surface area contributed by atoms with Crippen molar-refractivity contribution >= 4 is 11.9 Å². The highest BCUT2D eigenvalue weighted by Crippen LogP contribution is 2.58. The minimum atomic E-state index is -0.526. The first kappa shape index (κ1) is 20.7. The maximum Gasteiger partial charge on any atom is 0.310 e. The zero-order valence-corrected chi connectivity index (χ0v) is 18.0. The standard InChI is InChI=1S/C23H38O4/c1-13-7-8-16(11-13)9-10-26-21(24)19-17-12-18(15(3)14(17)2)20(19)22(25)27-23(4,5)6/h13-20H,7-12H2,1-6H3. The van der Waals surface area contributed by atoms with Crippen LogP contribution < -0.4 is 0 Å². The van der Waals surface area contributed by atoms with Crippen molar-refractivity contribution < 1.29 is 19.1 Å². The maximum atomic E-state index is 13.0. The molecule has 4 heteroatoms. The molecule has 2 bridgehead atoms. The van der Waals surface area contributed by atoms with Crippen LogP contribution in [0.1, 0.15) is 73.6 Å². The van der Waals surface area contributed by atoms with E-state index in [1.807, 2.05) is 20.8 Å². The SMILES string of the molecule is CC1CCC(CCOC(=O)C2C3CC(C(C)C3C)C2C(=O)OC(C)(C)C)C1. The Hall–Kier alpha value is -1.06. The second kappa shape index (κ2) is 7.75. The number of hydrogen-bond donors (Lipinski definition) is 0. The number of hydrogen-bond acceptors (Lipinski definition) is 4. The average Bonchev–Trinajstić information content (AvgIpc) is 3.21. The Morgan fingerprint density at radius 3 is 2.00 bits per heavy atom. The van der Waals surface area contributed by atoms with E-state index in [4.69, 9.17) is 9.47 Å². The Morgan fingerprint density at radius 1 is 0.889 bits per heavy atom. The molecule has 0 spiro atoms. The summed E-state index contributed by atoms with van der Waals surface area (Å²) < 4.78 is 11.4. The van der Waals surface area contributed by atoms with Gasteiger partial charge < -0.3 is 9.47 Å². The van der Waals surface area contributed by atoms with Gasteiger partial charge in [-0.1, -0.05) is 33.6 Å². The van der Waals surface area contributed by atoms with Gasteiger partial charge in [0.1, 0.15) is 5.60 Å². The second-order valence-electron chi connectivity index (χ2n) is 10.6. The predicted molar refractivity (Wildman–Crippen MR) is 105 cm³/mol. The predicted octanol–water partition coefficient (Wildman–Crippen LogP) is 4.85. The topological polar surface area (TPSA) is 52.6 Å². The molecule has 0 aromatic rings. The van der Waals surface area contributed by atoms with Crippen LogP contribution in [0.2, 0.25) is 0 Å². The molecule has 0 aliphatic heterocycles. The van der Waals surface area contributed by atoms with E-state index in [0.29, 0.717) is 24.4 Å². The van der Waals surface area contributed by atoms with Gasteiger partial charge >= 0.3 is 11.9 Å². The van der Waals surface area contributed by atoms with E-state index in [2.05, 4.69) is 20.8 Å². The van der Waals surface area contributed by atoms with Crippen LogP contribution in [-0.4, -0.2) is 24.1 Å². The molecule has 154 valence electrons. The highest BCUT2D eigenvalue weighted by molar-refractivity contribution is 5.84. The normalized spacial score (nSPS) is 41.0. The van der Waals surface area contributed by atoms with Crippen molar-refractivity contribution in [2.45, 2.75) is 79.2 Å². The number of carbonyl (C=O) groups is 2. The summed E-state index contributed by atoms with van der Waals surface area (Å²) in [5.74, 6) is 1.87. The summed E-state index contributed by atoms with van der Waals surface area (Å²) in [6, 6.07) is 0. The van der Waals surface area contributed by atoms with Crippen molar-refractivity contribution in [1.82, 2.24) is 0 Å². The van der Waals surface area contributed by atoms with Crippen LogP contribution in [0, 0.1) is 47.3 Å². The maximum absolute atomic E-state index is 13.0. The van der Waals surface area contributed by atoms with Crippen molar-refractivity contribution in [3.8, 4) is 0 Å². The molecule has 0 radical (unpaired) electrons. The third-order valence-corrected chi connectivity index (χ3v) is 7.56. The van der Waals surface area contributed by atoms with Crippen molar-refractivity contribution in [1.29, 1.82) is 0 Å². The van der Waals surface area contributed by atoms with Gasteiger partial charge in [-0.05, 0) is 75.5 Å². The van der Waals surface area contributed by atoms with Gasteiger partial charge in [-0.2, -0.15) is 0 Å². The lowest BCUT2D eigenvalue weighted by molar-refractivity contribution is -0.173. The van der Waals surface area contributed by atoms with Gasteiger partial charge in [-0.3, -0.25) is 9.59 Å². The lowest BCUT2D eigenvalue weighted by Crippen LogP contribution is -2.44. The van der Waals surface area contributed by atoms with Crippen LogP contribution in [0.4, 0.5) is 0 Å². The smallest absolute Gasteiger partial charge is 0.310 e. The summed E-state index contributed by atoms with van der Waals surface area (Å²) in [5.41, 5.74) is -0.526. The second-order valence-corrected chi connectivity index (χ2v) is 10.6. The molecule has 3 saturated carbocycles. The molecule has 4 nitrogen and oxygen atoms in total. The van der Waals surface area contributed by atoms with E-state index in [-0.39, 0.29) is 35.6 Å². The lowest BCUT2D eigenvalue weighted by Gasteiger charge is -2.37. The van der Waals surface area contributed by atoms with E-state index in [1.165, 1.54) is 19.3 Å². The molecule has 3 aliphatic rings. The zero-order chi connectivity index (χ0) is 19.9. The molecule has 0 saturated heterocycles. The molecule has 3 aliphatic carbocycles. The van der Waals surface area contributed by atoms with Crippen LogP contribution in [0.15, 0.2) is 0 Å². The van der Waals surface area contributed by atoms with Gasteiger partial charge in [-0.25, -0.2) is 0 Å². The third kappa shape index (κ3) is 4.35. The van der Waals surface area contributed by atoms with Gasteiger partial charge in [0.15, 0.2) is 0 Å². The largest absolute Gasteiger partial charge is 0.465 e. The summed E-state index contributed by atoms with van der Waals surface area (Å²) in [7, 11) is 0. The molecule has 8 unspecified atom stereocenters. The van der Waals surface area contributed by atoms with Crippen LogP contribution in [0.25, 0.3) is 0 Å². The monoisotopic (exact) mass is 378 g/mol. The highest BCUT2D eigenvalue weighted by atomic mass is 16.6. The van der Waals surface area contributed by atoms with Crippen molar-refractivity contribution in [2.24, 2.45) is 47.3 Å². The van der Waals surface area contributed by atoms with E-state index in [9.17, 15) is 9.59 Å². The lowest BCUT2D eigenvalue weighted by atomic mass is 9.69. The zero-order valence-electron chi connectivity index (χ0n) is 18.0. The fourth-order valence-electron chi connectivity index (χ4n) is 6.03. The Balaban J connectivity index is 1.63. The van der Waals surface area contributed by atoms with Crippen molar-refractivity contribution in [2.75, 3.05) is 6.61 Å². The third-order valence-electron chi connectivity index (χ3n) is 7.56. The summed E-state index contributed by atoms with van der Waals surface area (Å²) in [4.78, 5) is 25.9. The Labute approximate surface area is 164 Å². The molecular weight excluding hydrogens is 340 g/mol. The summed E-state index contributed by atoms with van der Waals surface area (Å²) >= 11 is 0.